The smallest absolute Gasteiger partial charge is 0.143 e. The number of hydrogen-bond acceptors (Lipinski definition) is 6. The molecule has 0 atom stereocenters. The quantitative estimate of drug-likeness (QED) is 0.182. The minimum Gasteiger partial charge on any atom is -0.455 e. The van der Waals surface area contributed by atoms with E-state index in [1.165, 1.54) is 0 Å². The largest absolute Gasteiger partial charge is 0.455 e. The molecule has 0 amide bonds. The van der Waals surface area contributed by atoms with E-state index in [0.717, 1.165) is 264 Å². The van der Waals surface area contributed by atoms with Crippen LogP contribution in [0.25, 0.3) is 264 Å². The normalized spacial score (nSPS) is 12.4. The van der Waals surface area contributed by atoms with Crippen LogP contribution in [-0.4, -0.2) is 19.9 Å². The topological polar surface area (TPSA) is 110 Å². The monoisotopic (exact) mass is 1370 g/mol. The van der Waals surface area contributed by atoms with E-state index in [9.17, 15) is 0 Å². The third-order valence-electron chi connectivity index (χ3n) is 23.2. The molecule has 108 heavy (non-hydrogen) atoms. The van der Waals surface area contributed by atoms with Crippen LogP contribution < -0.4 is 0 Å². The summed E-state index contributed by atoms with van der Waals surface area (Å²) in [6.07, 6.45) is 0. The highest BCUT2D eigenvalue weighted by Crippen LogP contribution is 2.57. The van der Waals surface area contributed by atoms with Crippen molar-refractivity contribution in [1.29, 1.82) is 0 Å². The lowest BCUT2D eigenvalue weighted by atomic mass is 9.90. The fourth-order valence-corrected chi connectivity index (χ4v) is 18.4. The number of nitrogens with one attached hydrogen (secondary N) is 2. The average molecular weight is 1380 g/mol. The SMILES string of the molecule is c1ccc2cc3c(cc2c1)-c1nc-3c(-c2cccc3c2oc2ccccc23)c2[nH]c(c(-c3cccc4c3oc3ccccc34)c3nc(c(-c4cccc5c4oc4ccccc45)c4[nH]c(c1-c1cccc5c1oc1ccccc15)c1cc5ccccc5cc41)-c1cc4ccccc4cc1-3)c1cc3ccccc3cc21. The van der Waals surface area contributed by atoms with E-state index in [-0.39, 0.29) is 0 Å². The Kier molecular flexibility index (Phi) is 11.5. The molecule has 0 saturated heterocycles. The van der Waals surface area contributed by atoms with Crippen LogP contribution in [0.15, 0.2) is 333 Å². The molecule has 3 aliphatic rings. The lowest BCUT2D eigenvalue weighted by molar-refractivity contribution is 0.669. The van der Waals surface area contributed by atoms with Crippen molar-refractivity contribution in [3.63, 3.8) is 0 Å². The molecule has 2 aliphatic heterocycles. The molecule has 0 fully saturated rings. The number of aromatic nitrogens is 4. The number of benzene rings is 16. The van der Waals surface area contributed by atoms with Gasteiger partial charge in [0.25, 0.3) is 0 Å². The summed E-state index contributed by atoms with van der Waals surface area (Å²) in [5, 5.41) is 20.6. The van der Waals surface area contributed by atoms with Gasteiger partial charge in [-0.15, -0.1) is 0 Å². The fourth-order valence-electron chi connectivity index (χ4n) is 18.4. The summed E-state index contributed by atoms with van der Waals surface area (Å²) in [6, 6.07) is 114. The average Bonchev–Trinajstić information content (AvgIpc) is 1.54. The standard InChI is InChI=1S/C100H54N4O4/c1-2-22-54-46-74-73(45-53(54)21-1)89-85(69-37-17-33-65-61-29-9-13-41-81(61)105-97(65)69)91-75-47-55-23-3-4-24-56(55)48-76(75)93(102-91)87(71-39-19-35-67-63-31-11-15-43-83(63)107-99(67)71)95-79-51-59-27-7-8-28-60(59)52-80(79)96(104-95)88(72-40-20-36-68-64-32-12-16-44-84(64)108-100(68)72)94-78-50-58-26-6-5-25-57(58)49-77(78)92(103-94)86(90(74)101-89)70-38-18-34-66-62-30-10-14-42-82(62)106-98(66)70/h1-52,101,104H. The van der Waals surface area contributed by atoms with Gasteiger partial charge in [-0.3, -0.25) is 0 Å². The second kappa shape index (κ2) is 21.5. The highest BCUT2D eigenvalue weighted by atomic mass is 16.3. The van der Waals surface area contributed by atoms with Gasteiger partial charge in [-0.25, -0.2) is 9.97 Å². The molecular formula is C100H54N4O4. The van der Waals surface area contributed by atoms with Gasteiger partial charge in [-0.05, 0) is 116 Å². The van der Waals surface area contributed by atoms with Gasteiger partial charge in [-0.1, -0.05) is 243 Å². The summed E-state index contributed by atoms with van der Waals surface area (Å²) < 4.78 is 29.4. The van der Waals surface area contributed by atoms with E-state index in [4.69, 9.17) is 27.6 Å². The lowest BCUT2D eigenvalue weighted by Crippen LogP contribution is -1.89. The van der Waals surface area contributed by atoms with Crippen LogP contribution in [-0.2, 0) is 0 Å². The Balaban J connectivity index is 1.02. The Morgan fingerprint density at radius 2 is 0.380 bits per heavy atom. The Morgan fingerprint density at radius 3 is 0.620 bits per heavy atom. The van der Waals surface area contributed by atoms with Crippen LogP contribution in [0.2, 0.25) is 0 Å². The summed E-state index contributed by atoms with van der Waals surface area (Å²) in [7, 11) is 0. The van der Waals surface area contributed by atoms with Crippen LogP contribution in [0, 0.1) is 0 Å². The van der Waals surface area contributed by atoms with Crippen molar-refractivity contribution in [3.8, 4) is 89.5 Å². The van der Waals surface area contributed by atoms with E-state index in [1.807, 2.05) is 0 Å². The molecule has 8 heteroatoms. The van der Waals surface area contributed by atoms with Crippen molar-refractivity contribution < 1.29 is 17.7 Å². The number of hydrogen-bond donors (Lipinski definition) is 2. The molecule has 2 N–H and O–H groups in total. The van der Waals surface area contributed by atoms with Crippen molar-refractivity contribution >= 4 is 174 Å². The van der Waals surface area contributed by atoms with Crippen LogP contribution in [0.1, 0.15) is 0 Å². The molecule has 1 aliphatic carbocycles. The van der Waals surface area contributed by atoms with Crippen molar-refractivity contribution in [2.45, 2.75) is 0 Å². The second-order valence-electron chi connectivity index (χ2n) is 29.0. The summed E-state index contributed by atoms with van der Waals surface area (Å²) in [5.74, 6) is 0. The van der Waals surface area contributed by atoms with Crippen molar-refractivity contribution in [3.05, 3.63) is 315 Å². The fraction of sp³-hybridized carbons (Fsp3) is 0. The van der Waals surface area contributed by atoms with Crippen LogP contribution >= 0.6 is 0 Å². The number of furan rings is 4. The van der Waals surface area contributed by atoms with Crippen molar-refractivity contribution in [1.82, 2.24) is 19.9 Å². The van der Waals surface area contributed by atoms with Gasteiger partial charge >= 0.3 is 0 Å². The molecule has 22 aromatic rings. The van der Waals surface area contributed by atoms with Gasteiger partial charge in [0.05, 0.1) is 44.8 Å². The zero-order valence-electron chi connectivity index (χ0n) is 57.5. The van der Waals surface area contributed by atoms with Gasteiger partial charge in [0.1, 0.15) is 44.7 Å². The first-order valence-corrected chi connectivity index (χ1v) is 36.7. The second-order valence-corrected chi connectivity index (χ2v) is 29.0. The van der Waals surface area contributed by atoms with E-state index in [0.29, 0.717) is 0 Å². The molecule has 16 aromatic carbocycles. The molecular weight excluding hydrogens is 1320 g/mol. The number of fused-ring (bicyclic) bond motifs is 16. The number of nitrogens with zero attached hydrogens (tertiary/aromatic N) is 2. The number of aromatic amines is 2. The van der Waals surface area contributed by atoms with E-state index >= 15 is 0 Å². The van der Waals surface area contributed by atoms with Crippen LogP contribution in [0.3, 0.4) is 0 Å². The lowest BCUT2D eigenvalue weighted by Gasteiger charge is -2.11. The first-order chi connectivity index (χ1) is 53.5. The zero-order chi connectivity index (χ0) is 70.1. The van der Waals surface area contributed by atoms with Crippen LogP contribution in [0.4, 0.5) is 0 Å². The van der Waals surface area contributed by atoms with E-state index in [2.05, 4.69) is 325 Å². The maximum absolute atomic E-state index is 7.35. The molecule has 25 rings (SSSR count). The van der Waals surface area contributed by atoms with Crippen LogP contribution in [0.5, 0.6) is 0 Å². The van der Waals surface area contributed by atoms with Gasteiger partial charge < -0.3 is 27.6 Å². The molecule has 498 valence electrons. The number of rotatable bonds is 4. The first-order valence-electron chi connectivity index (χ1n) is 36.7. The van der Waals surface area contributed by atoms with Gasteiger partial charge in [0.15, 0.2) is 0 Å². The molecule has 8 nitrogen and oxygen atoms in total. The molecule has 8 bridgehead atoms. The number of H-pyrrole nitrogens is 2. The van der Waals surface area contributed by atoms with Crippen molar-refractivity contribution in [2.75, 3.05) is 0 Å². The van der Waals surface area contributed by atoms with E-state index < -0.39 is 0 Å². The molecule has 0 spiro atoms. The molecule has 6 aromatic heterocycles. The predicted molar refractivity (Wildman–Crippen MR) is 446 cm³/mol. The zero-order valence-corrected chi connectivity index (χ0v) is 57.5. The molecule has 8 heterocycles. The number of para-hydroxylation sites is 8. The summed E-state index contributed by atoms with van der Waals surface area (Å²) in [5.41, 5.74) is 23.4. The Hall–Kier alpha value is -14.6. The van der Waals surface area contributed by atoms with Gasteiger partial charge in [0, 0.05) is 131 Å². The highest BCUT2D eigenvalue weighted by Gasteiger charge is 2.34. The highest BCUT2D eigenvalue weighted by molar-refractivity contribution is 6.29. The minimum absolute atomic E-state index is 0.744. The van der Waals surface area contributed by atoms with Gasteiger partial charge in [0.2, 0.25) is 0 Å². The van der Waals surface area contributed by atoms with Gasteiger partial charge in [-0.2, -0.15) is 0 Å². The Bertz CT molecular complexity index is 7270. The predicted octanol–water partition coefficient (Wildman–Crippen LogP) is 28.2. The molecule has 0 saturated carbocycles. The van der Waals surface area contributed by atoms with Crippen molar-refractivity contribution in [2.24, 2.45) is 0 Å². The molecule has 0 radical (unpaired) electrons. The third kappa shape index (κ3) is 8.01. The van der Waals surface area contributed by atoms with E-state index in [1.54, 1.807) is 0 Å². The first kappa shape index (κ1) is 57.9. The minimum atomic E-state index is 0.744. The summed E-state index contributed by atoms with van der Waals surface area (Å²) >= 11 is 0. The maximum atomic E-state index is 7.35. The third-order valence-corrected chi connectivity index (χ3v) is 23.2. The Morgan fingerprint density at radius 1 is 0.176 bits per heavy atom. The molecule has 0 unspecified atom stereocenters. The summed E-state index contributed by atoms with van der Waals surface area (Å²) in [4.78, 5) is 21.9. The summed E-state index contributed by atoms with van der Waals surface area (Å²) in [6.45, 7) is 0. The Labute approximate surface area is 613 Å². The maximum Gasteiger partial charge on any atom is 0.143 e.